The van der Waals surface area contributed by atoms with Crippen LogP contribution in [0.1, 0.15) is 117 Å². The lowest BCUT2D eigenvalue weighted by atomic mass is 9.96. The molecule has 1 atom stereocenters. The summed E-state index contributed by atoms with van der Waals surface area (Å²) in [6.45, 7) is 6.91. The van der Waals surface area contributed by atoms with Gasteiger partial charge in [-0.1, -0.05) is 117 Å². The van der Waals surface area contributed by atoms with Gasteiger partial charge < -0.3 is 0 Å². The third-order valence-electron chi connectivity index (χ3n) is 4.49. The summed E-state index contributed by atoms with van der Waals surface area (Å²) >= 11 is 0. The summed E-state index contributed by atoms with van der Waals surface area (Å²) in [5, 5.41) is 0. The van der Waals surface area contributed by atoms with E-state index in [1.54, 1.807) is 0 Å². The first-order valence-corrected chi connectivity index (χ1v) is 9.59. The van der Waals surface area contributed by atoms with Crippen molar-refractivity contribution in [2.45, 2.75) is 117 Å². The van der Waals surface area contributed by atoms with E-state index in [1.807, 2.05) is 0 Å². The quantitative estimate of drug-likeness (QED) is 0.254. The maximum Gasteiger partial charge on any atom is -0.0417 e. The fourth-order valence-electron chi connectivity index (χ4n) is 2.97. The topological polar surface area (TPSA) is 0 Å². The molecule has 0 aromatic heterocycles. The minimum atomic E-state index is 0.952. The van der Waals surface area contributed by atoms with Crippen molar-refractivity contribution in [3.05, 3.63) is 6.42 Å². The number of rotatable bonds is 16. The first-order valence-electron chi connectivity index (χ1n) is 9.59. The lowest BCUT2D eigenvalue weighted by Crippen LogP contribution is -1.95. The molecule has 0 aromatic carbocycles. The fraction of sp³-hybridized carbons (Fsp3) is 0.950. The fourth-order valence-corrected chi connectivity index (χ4v) is 2.97. The van der Waals surface area contributed by atoms with Gasteiger partial charge in [0.25, 0.3) is 0 Å². The number of hydrogen-bond donors (Lipinski definition) is 0. The molecule has 0 aliphatic rings. The van der Waals surface area contributed by atoms with Crippen LogP contribution in [0.5, 0.6) is 0 Å². The first-order chi connectivity index (χ1) is 9.81. The van der Waals surface area contributed by atoms with E-state index in [4.69, 9.17) is 0 Å². The molecule has 0 aliphatic heterocycles. The van der Waals surface area contributed by atoms with Crippen molar-refractivity contribution in [3.63, 3.8) is 0 Å². The Bertz CT molecular complexity index is 161. The molecule has 0 heteroatoms. The molecule has 121 valence electrons. The minimum absolute atomic E-state index is 0.952. The van der Waals surface area contributed by atoms with Crippen molar-refractivity contribution in [3.8, 4) is 0 Å². The summed E-state index contributed by atoms with van der Waals surface area (Å²) in [5.74, 6) is 0.952. The van der Waals surface area contributed by atoms with Crippen LogP contribution in [0.3, 0.4) is 0 Å². The van der Waals surface area contributed by atoms with Crippen LogP contribution in [0.15, 0.2) is 0 Å². The molecule has 0 N–H and O–H groups in total. The van der Waals surface area contributed by atoms with Crippen LogP contribution in [0.25, 0.3) is 0 Å². The smallest absolute Gasteiger partial charge is 0.0417 e. The van der Waals surface area contributed by atoms with E-state index in [2.05, 4.69) is 27.2 Å². The molecule has 0 bridgehead atoms. The summed E-state index contributed by atoms with van der Waals surface area (Å²) < 4.78 is 0. The Labute approximate surface area is 130 Å². The van der Waals surface area contributed by atoms with Crippen LogP contribution in [-0.2, 0) is 0 Å². The van der Waals surface area contributed by atoms with Gasteiger partial charge in [0.2, 0.25) is 0 Å². The predicted octanol–water partition coefficient (Wildman–Crippen LogP) is 7.72. The van der Waals surface area contributed by atoms with Gasteiger partial charge in [-0.15, -0.1) is 0 Å². The Morgan fingerprint density at radius 3 is 1.60 bits per heavy atom. The largest absolute Gasteiger partial charge is 0.0654 e. The van der Waals surface area contributed by atoms with Crippen molar-refractivity contribution in [1.29, 1.82) is 0 Å². The van der Waals surface area contributed by atoms with Crippen molar-refractivity contribution in [2.75, 3.05) is 0 Å². The zero-order chi connectivity index (χ0) is 14.9. The van der Waals surface area contributed by atoms with Crippen LogP contribution in [0.4, 0.5) is 0 Å². The summed E-state index contributed by atoms with van der Waals surface area (Å²) in [6, 6.07) is 0. The van der Waals surface area contributed by atoms with Crippen molar-refractivity contribution in [1.82, 2.24) is 0 Å². The average Bonchev–Trinajstić information content (AvgIpc) is 2.45. The lowest BCUT2D eigenvalue weighted by molar-refractivity contribution is 0.442. The van der Waals surface area contributed by atoms with Gasteiger partial charge in [0.05, 0.1) is 0 Å². The summed E-state index contributed by atoms with van der Waals surface area (Å²) in [5.41, 5.74) is 0. The zero-order valence-corrected chi connectivity index (χ0v) is 14.8. The normalized spacial score (nSPS) is 12.8. The standard InChI is InChI=1S/C20H41/c1-4-6-8-9-10-11-12-13-14-15-17-19-20(3)18-16-7-5-2/h5,20H,4,6-19H2,1-3H3. The molecule has 0 aromatic rings. The predicted molar refractivity (Wildman–Crippen MR) is 94.1 cm³/mol. The van der Waals surface area contributed by atoms with Gasteiger partial charge in [0.15, 0.2) is 0 Å². The maximum atomic E-state index is 2.44. The van der Waals surface area contributed by atoms with Gasteiger partial charge >= 0.3 is 0 Å². The molecule has 0 fully saturated rings. The molecular formula is C20H41. The highest BCUT2D eigenvalue weighted by molar-refractivity contribution is 4.60. The Balaban J connectivity index is 3.05. The van der Waals surface area contributed by atoms with Crippen LogP contribution < -0.4 is 0 Å². The van der Waals surface area contributed by atoms with Crippen LogP contribution in [0, 0.1) is 12.3 Å². The molecule has 0 aliphatic carbocycles. The maximum absolute atomic E-state index is 2.44. The van der Waals surface area contributed by atoms with E-state index in [9.17, 15) is 0 Å². The van der Waals surface area contributed by atoms with Gasteiger partial charge in [-0.3, -0.25) is 0 Å². The molecule has 0 saturated heterocycles. The zero-order valence-electron chi connectivity index (χ0n) is 14.8. The third-order valence-corrected chi connectivity index (χ3v) is 4.49. The first kappa shape index (κ1) is 20.0. The van der Waals surface area contributed by atoms with Gasteiger partial charge in [-0.25, -0.2) is 0 Å². The second kappa shape index (κ2) is 17.1. The van der Waals surface area contributed by atoms with Crippen molar-refractivity contribution >= 4 is 0 Å². The van der Waals surface area contributed by atoms with Crippen molar-refractivity contribution < 1.29 is 0 Å². The Hall–Kier alpha value is 0. The van der Waals surface area contributed by atoms with Crippen LogP contribution >= 0.6 is 0 Å². The Kier molecular flexibility index (Phi) is 17.1. The molecule has 0 amide bonds. The van der Waals surface area contributed by atoms with Gasteiger partial charge in [-0.05, 0) is 12.3 Å². The van der Waals surface area contributed by atoms with Crippen LogP contribution in [0.2, 0.25) is 0 Å². The summed E-state index contributed by atoms with van der Waals surface area (Å²) in [7, 11) is 0. The molecule has 1 radical (unpaired) electrons. The molecule has 20 heavy (non-hydrogen) atoms. The highest BCUT2D eigenvalue weighted by Gasteiger charge is 2.01. The third kappa shape index (κ3) is 16.1. The molecular weight excluding hydrogens is 240 g/mol. The molecule has 1 unspecified atom stereocenters. The Morgan fingerprint density at radius 1 is 0.650 bits per heavy atom. The molecule has 0 heterocycles. The average molecular weight is 282 g/mol. The number of hydrogen-bond acceptors (Lipinski definition) is 0. The van der Waals surface area contributed by atoms with Gasteiger partial charge in [0.1, 0.15) is 0 Å². The van der Waals surface area contributed by atoms with E-state index in [1.165, 1.54) is 96.3 Å². The highest BCUT2D eigenvalue weighted by Crippen LogP contribution is 2.17. The number of unbranched alkanes of at least 4 members (excludes halogenated alkanes) is 12. The monoisotopic (exact) mass is 281 g/mol. The molecule has 0 nitrogen and oxygen atoms in total. The Morgan fingerprint density at radius 2 is 1.10 bits per heavy atom. The molecule has 0 spiro atoms. The van der Waals surface area contributed by atoms with Crippen LogP contribution in [-0.4, -0.2) is 0 Å². The molecule has 0 rings (SSSR count). The van der Waals surface area contributed by atoms with E-state index < -0.39 is 0 Å². The lowest BCUT2D eigenvalue weighted by Gasteiger charge is -2.10. The second-order valence-electron chi connectivity index (χ2n) is 6.77. The minimum Gasteiger partial charge on any atom is -0.0654 e. The van der Waals surface area contributed by atoms with E-state index in [-0.39, 0.29) is 0 Å². The summed E-state index contributed by atoms with van der Waals surface area (Å²) in [6.07, 6.45) is 24.0. The second-order valence-corrected chi connectivity index (χ2v) is 6.77. The van der Waals surface area contributed by atoms with E-state index in [0.29, 0.717) is 0 Å². The molecule has 0 saturated carbocycles. The van der Waals surface area contributed by atoms with Gasteiger partial charge in [-0.2, -0.15) is 0 Å². The van der Waals surface area contributed by atoms with E-state index in [0.717, 1.165) is 5.92 Å². The van der Waals surface area contributed by atoms with Gasteiger partial charge in [0, 0.05) is 0 Å². The van der Waals surface area contributed by atoms with E-state index >= 15 is 0 Å². The SMILES string of the molecule is C[CH]CCCC(C)CCCCCCCCCCCCC. The highest BCUT2D eigenvalue weighted by atomic mass is 14.1. The van der Waals surface area contributed by atoms with Crippen molar-refractivity contribution in [2.24, 2.45) is 5.92 Å². The summed E-state index contributed by atoms with van der Waals surface area (Å²) in [4.78, 5) is 0.